The lowest BCUT2D eigenvalue weighted by molar-refractivity contribution is -0.133. The van der Waals surface area contributed by atoms with Gasteiger partial charge in [-0.25, -0.2) is 4.79 Å². The van der Waals surface area contributed by atoms with Gasteiger partial charge in [0.05, 0.1) is 34.8 Å². The van der Waals surface area contributed by atoms with E-state index in [1.807, 2.05) is 24.3 Å². The van der Waals surface area contributed by atoms with Crippen LogP contribution in [0, 0.1) is 0 Å². The van der Waals surface area contributed by atoms with Crippen LogP contribution in [0.15, 0.2) is 66.7 Å². The van der Waals surface area contributed by atoms with Crippen molar-refractivity contribution in [2.45, 2.75) is 6.42 Å². The molecule has 0 spiro atoms. The van der Waals surface area contributed by atoms with Gasteiger partial charge in [-0.2, -0.15) is 0 Å². The average molecular weight is 430 g/mol. The second-order valence-corrected chi connectivity index (χ2v) is 6.86. The van der Waals surface area contributed by atoms with Gasteiger partial charge >= 0.3 is 11.9 Å². The summed E-state index contributed by atoms with van der Waals surface area (Å²) in [4.78, 5) is 23.9. The number of para-hydroxylation sites is 2. The smallest absolute Gasteiger partial charge is 0.337 e. The number of carbonyl (C=O) groups excluding carboxylic acids is 2. The third kappa shape index (κ3) is 5.28. The minimum atomic E-state index is -0.457. The number of hydrogen-bond donors (Lipinski definition) is 1. The lowest BCUT2D eigenvalue weighted by atomic mass is 10.1. The highest BCUT2D eigenvalue weighted by Crippen LogP contribution is 2.33. The number of nitrogens with one attached hydrogen (secondary N) is 1. The number of methoxy groups -OCH3 is 1. The molecule has 0 bridgehead atoms. The molecular weight excluding hydrogens is 413 g/mol. The van der Waals surface area contributed by atoms with E-state index in [1.165, 1.54) is 31.4 Å². The van der Waals surface area contributed by atoms with Gasteiger partial charge in [-0.1, -0.05) is 47.5 Å². The Morgan fingerprint density at radius 1 is 0.897 bits per heavy atom. The Morgan fingerprint density at radius 3 is 2.21 bits per heavy atom. The molecule has 0 heterocycles. The van der Waals surface area contributed by atoms with E-state index in [-0.39, 0.29) is 6.42 Å². The van der Waals surface area contributed by atoms with Crippen molar-refractivity contribution in [2.75, 3.05) is 12.4 Å². The maximum atomic E-state index is 12.4. The predicted molar refractivity (Wildman–Crippen MR) is 113 cm³/mol. The van der Waals surface area contributed by atoms with Crippen LogP contribution in [-0.2, 0) is 16.0 Å². The van der Waals surface area contributed by atoms with Gasteiger partial charge in [0.15, 0.2) is 0 Å². The summed E-state index contributed by atoms with van der Waals surface area (Å²) in [6, 6.07) is 18.7. The first kappa shape index (κ1) is 20.7. The second-order valence-electron chi connectivity index (χ2n) is 6.05. The van der Waals surface area contributed by atoms with Gasteiger partial charge in [0.2, 0.25) is 0 Å². The molecule has 0 aliphatic carbocycles. The van der Waals surface area contributed by atoms with Crippen LogP contribution >= 0.6 is 23.2 Å². The SMILES string of the molecule is COC(=O)c1ccc(OC(=O)Cc2ccccc2Nc2c(Cl)cccc2Cl)cc1. The van der Waals surface area contributed by atoms with Crippen LogP contribution in [0.3, 0.4) is 0 Å². The Bertz CT molecular complexity index is 1010. The molecule has 0 radical (unpaired) electrons. The minimum absolute atomic E-state index is 0.0317. The summed E-state index contributed by atoms with van der Waals surface area (Å²) in [5, 5.41) is 4.13. The molecule has 0 aliphatic heterocycles. The fourth-order valence-corrected chi connectivity index (χ4v) is 3.14. The first-order valence-corrected chi connectivity index (χ1v) is 9.41. The van der Waals surface area contributed by atoms with Gasteiger partial charge in [0.25, 0.3) is 0 Å². The summed E-state index contributed by atoms with van der Waals surface area (Å²) >= 11 is 12.4. The standard InChI is InChI=1S/C22H17Cl2NO4/c1-28-22(27)14-9-11-16(12-10-14)29-20(26)13-15-5-2-3-8-19(15)25-21-17(23)6-4-7-18(21)24/h2-12,25H,13H2,1H3. The molecule has 1 N–H and O–H groups in total. The van der Waals surface area contributed by atoms with Gasteiger partial charge in [0, 0.05) is 5.69 Å². The van der Waals surface area contributed by atoms with Crippen LogP contribution in [0.25, 0.3) is 0 Å². The largest absolute Gasteiger partial charge is 0.465 e. The third-order valence-electron chi connectivity index (χ3n) is 4.08. The highest BCUT2D eigenvalue weighted by molar-refractivity contribution is 6.39. The van der Waals surface area contributed by atoms with Gasteiger partial charge in [-0.05, 0) is 48.0 Å². The van der Waals surface area contributed by atoms with E-state index in [9.17, 15) is 9.59 Å². The second kappa shape index (κ2) is 9.45. The Hall–Kier alpha value is -3.02. The lowest BCUT2D eigenvalue weighted by Gasteiger charge is -2.14. The number of anilines is 2. The normalized spacial score (nSPS) is 10.3. The summed E-state index contributed by atoms with van der Waals surface area (Å²) in [7, 11) is 1.30. The van der Waals surface area contributed by atoms with E-state index in [4.69, 9.17) is 27.9 Å². The summed E-state index contributed by atoms with van der Waals surface area (Å²) in [5.74, 6) is -0.571. The van der Waals surface area contributed by atoms with Gasteiger partial charge in [-0.15, -0.1) is 0 Å². The van der Waals surface area contributed by atoms with Crippen LogP contribution < -0.4 is 10.1 Å². The van der Waals surface area contributed by atoms with Gasteiger partial charge in [0.1, 0.15) is 5.75 Å². The number of carbonyl (C=O) groups is 2. The zero-order chi connectivity index (χ0) is 20.8. The average Bonchev–Trinajstić information content (AvgIpc) is 2.72. The molecule has 3 aromatic rings. The monoisotopic (exact) mass is 429 g/mol. The minimum Gasteiger partial charge on any atom is -0.465 e. The first-order chi connectivity index (χ1) is 14.0. The van der Waals surface area contributed by atoms with E-state index in [0.29, 0.717) is 32.7 Å². The van der Waals surface area contributed by atoms with Crippen LogP contribution in [-0.4, -0.2) is 19.0 Å². The Morgan fingerprint density at radius 2 is 1.55 bits per heavy atom. The van der Waals surface area contributed by atoms with Crippen molar-refractivity contribution in [3.63, 3.8) is 0 Å². The van der Waals surface area contributed by atoms with E-state index in [1.54, 1.807) is 18.2 Å². The van der Waals surface area contributed by atoms with Crippen LogP contribution in [0.2, 0.25) is 10.0 Å². The molecule has 0 unspecified atom stereocenters. The molecule has 0 atom stereocenters. The molecule has 3 rings (SSSR count). The maximum Gasteiger partial charge on any atom is 0.337 e. The van der Waals surface area contributed by atoms with Crippen molar-refractivity contribution in [2.24, 2.45) is 0 Å². The molecule has 0 saturated heterocycles. The number of rotatable bonds is 6. The molecule has 29 heavy (non-hydrogen) atoms. The molecule has 5 nitrogen and oxygen atoms in total. The number of esters is 2. The number of ether oxygens (including phenoxy) is 2. The van der Waals surface area contributed by atoms with Gasteiger partial charge in [-0.3, -0.25) is 4.79 Å². The van der Waals surface area contributed by atoms with Gasteiger partial charge < -0.3 is 14.8 Å². The molecule has 0 fully saturated rings. The van der Waals surface area contributed by atoms with Crippen LogP contribution in [0.1, 0.15) is 15.9 Å². The maximum absolute atomic E-state index is 12.4. The summed E-state index contributed by atoms with van der Waals surface area (Å²) in [5.41, 5.74) is 2.36. The van der Waals surface area contributed by atoms with Crippen molar-refractivity contribution in [1.82, 2.24) is 0 Å². The quantitative estimate of drug-likeness (QED) is 0.403. The fraction of sp³-hybridized carbons (Fsp3) is 0.0909. The highest BCUT2D eigenvalue weighted by Gasteiger charge is 2.13. The van der Waals surface area contributed by atoms with Crippen molar-refractivity contribution in [3.05, 3.63) is 87.9 Å². The van der Waals surface area contributed by atoms with Crippen LogP contribution in [0.4, 0.5) is 11.4 Å². The van der Waals surface area contributed by atoms with Crippen LogP contribution in [0.5, 0.6) is 5.75 Å². The Balaban J connectivity index is 1.72. The highest BCUT2D eigenvalue weighted by atomic mass is 35.5. The van der Waals surface area contributed by atoms with E-state index in [0.717, 1.165) is 5.56 Å². The summed E-state index contributed by atoms with van der Waals surface area (Å²) in [6.45, 7) is 0. The van der Waals surface area contributed by atoms with E-state index < -0.39 is 11.9 Å². The third-order valence-corrected chi connectivity index (χ3v) is 4.71. The molecule has 0 saturated carbocycles. The molecule has 148 valence electrons. The van der Waals surface area contributed by atoms with Crippen molar-refractivity contribution in [1.29, 1.82) is 0 Å². The molecular formula is C22H17Cl2NO4. The molecule has 3 aromatic carbocycles. The zero-order valence-electron chi connectivity index (χ0n) is 15.4. The molecule has 0 amide bonds. The molecule has 0 aromatic heterocycles. The zero-order valence-corrected chi connectivity index (χ0v) is 17.0. The first-order valence-electron chi connectivity index (χ1n) is 8.66. The molecule has 7 heteroatoms. The predicted octanol–water partition coefficient (Wildman–Crippen LogP) is 5.67. The number of benzene rings is 3. The topological polar surface area (TPSA) is 64.6 Å². The van der Waals surface area contributed by atoms with Crippen molar-refractivity contribution in [3.8, 4) is 5.75 Å². The van der Waals surface area contributed by atoms with E-state index in [2.05, 4.69) is 10.1 Å². The lowest BCUT2D eigenvalue weighted by Crippen LogP contribution is -2.12. The Labute approximate surface area is 178 Å². The Kier molecular flexibility index (Phi) is 6.75. The van der Waals surface area contributed by atoms with Crippen molar-refractivity contribution < 1.29 is 19.1 Å². The van der Waals surface area contributed by atoms with Crippen molar-refractivity contribution >= 4 is 46.5 Å². The fourth-order valence-electron chi connectivity index (χ4n) is 2.65. The number of halogens is 2. The van der Waals surface area contributed by atoms with E-state index >= 15 is 0 Å². The number of hydrogen-bond acceptors (Lipinski definition) is 5. The molecule has 0 aliphatic rings. The summed E-state index contributed by atoms with van der Waals surface area (Å²) < 4.78 is 10.0. The summed E-state index contributed by atoms with van der Waals surface area (Å²) in [6.07, 6.45) is 0.0317.